The Morgan fingerprint density at radius 1 is 1.08 bits per heavy atom. The van der Waals surface area contributed by atoms with E-state index in [1.807, 2.05) is 6.07 Å². The molecule has 0 saturated carbocycles. The maximum Gasteiger partial charge on any atom is 0.412 e. The summed E-state index contributed by atoms with van der Waals surface area (Å²) in [7, 11) is 0. The smallest absolute Gasteiger partial charge is 0.410 e. The van der Waals surface area contributed by atoms with Crippen LogP contribution in [0.25, 0.3) is 11.0 Å². The van der Waals surface area contributed by atoms with E-state index in [1.165, 1.54) is 0 Å². The SMILES string of the molecule is O=C(NCc1cc(Br)cc2[nH]c(=O)c(=O)[nH]c12)Oc1ccccc1. The summed E-state index contributed by atoms with van der Waals surface area (Å²) in [6, 6.07) is 12.1. The molecule has 3 rings (SSSR count). The summed E-state index contributed by atoms with van der Waals surface area (Å²) >= 11 is 3.33. The molecule has 0 fully saturated rings. The molecule has 0 bridgehead atoms. The molecule has 0 radical (unpaired) electrons. The fourth-order valence-electron chi connectivity index (χ4n) is 2.20. The largest absolute Gasteiger partial charge is 0.412 e. The van der Waals surface area contributed by atoms with E-state index >= 15 is 0 Å². The minimum atomic E-state index is -0.752. The van der Waals surface area contributed by atoms with Crippen molar-refractivity contribution in [3.8, 4) is 5.75 Å². The fourth-order valence-corrected chi connectivity index (χ4v) is 2.70. The Kier molecular flexibility index (Phi) is 4.48. The average Bonchev–Trinajstić information content (AvgIpc) is 2.55. The highest BCUT2D eigenvalue weighted by Crippen LogP contribution is 2.20. The number of aromatic nitrogens is 2. The molecule has 2 aromatic carbocycles. The van der Waals surface area contributed by atoms with Gasteiger partial charge in [0.15, 0.2) is 0 Å². The number of amides is 1. The Bertz CT molecular complexity index is 1010. The number of carbonyl (C=O) groups excluding carboxylic acids is 1. The van der Waals surface area contributed by atoms with Gasteiger partial charge in [0.1, 0.15) is 5.75 Å². The van der Waals surface area contributed by atoms with Gasteiger partial charge in [-0.3, -0.25) is 9.59 Å². The molecule has 7 nitrogen and oxygen atoms in total. The molecule has 0 unspecified atom stereocenters. The number of para-hydroxylation sites is 1. The Morgan fingerprint density at radius 2 is 1.79 bits per heavy atom. The lowest BCUT2D eigenvalue weighted by molar-refractivity contribution is 0.200. The van der Waals surface area contributed by atoms with Gasteiger partial charge in [0.25, 0.3) is 0 Å². The molecule has 3 N–H and O–H groups in total. The topological polar surface area (TPSA) is 104 Å². The normalized spacial score (nSPS) is 10.5. The van der Waals surface area contributed by atoms with Crippen molar-refractivity contribution >= 4 is 33.1 Å². The molecule has 0 aliphatic heterocycles. The number of rotatable bonds is 3. The number of aromatic amines is 2. The molecule has 24 heavy (non-hydrogen) atoms. The molecule has 3 aromatic rings. The number of halogens is 1. The number of hydrogen-bond donors (Lipinski definition) is 3. The van der Waals surface area contributed by atoms with Gasteiger partial charge in [0.2, 0.25) is 0 Å². The van der Waals surface area contributed by atoms with Crippen molar-refractivity contribution in [1.29, 1.82) is 0 Å². The molecule has 1 heterocycles. The van der Waals surface area contributed by atoms with Gasteiger partial charge in [-0.05, 0) is 29.8 Å². The van der Waals surface area contributed by atoms with Crippen LogP contribution in [0.2, 0.25) is 0 Å². The van der Waals surface area contributed by atoms with Crippen molar-refractivity contribution in [2.24, 2.45) is 0 Å². The van der Waals surface area contributed by atoms with E-state index in [-0.39, 0.29) is 6.54 Å². The summed E-state index contributed by atoms with van der Waals surface area (Å²) in [6.45, 7) is 0.115. The van der Waals surface area contributed by atoms with Crippen molar-refractivity contribution in [1.82, 2.24) is 15.3 Å². The first-order valence-electron chi connectivity index (χ1n) is 6.98. The highest BCUT2D eigenvalue weighted by atomic mass is 79.9. The van der Waals surface area contributed by atoms with Crippen LogP contribution in [0.4, 0.5) is 4.79 Å². The number of carbonyl (C=O) groups is 1. The first-order chi connectivity index (χ1) is 11.5. The predicted molar refractivity (Wildman–Crippen MR) is 92.2 cm³/mol. The third kappa shape index (κ3) is 3.54. The van der Waals surface area contributed by atoms with Crippen molar-refractivity contribution in [3.05, 3.63) is 73.2 Å². The number of nitrogens with one attached hydrogen (secondary N) is 3. The highest BCUT2D eigenvalue weighted by Gasteiger charge is 2.09. The van der Waals surface area contributed by atoms with Gasteiger partial charge in [-0.15, -0.1) is 0 Å². The van der Waals surface area contributed by atoms with Crippen LogP contribution in [0, 0.1) is 0 Å². The van der Waals surface area contributed by atoms with Gasteiger partial charge in [-0.25, -0.2) is 4.79 Å². The lowest BCUT2D eigenvalue weighted by atomic mass is 10.1. The molecule has 1 amide bonds. The van der Waals surface area contributed by atoms with Crippen molar-refractivity contribution in [2.75, 3.05) is 0 Å². The Hall–Kier alpha value is -2.87. The third-order valence-corrected chi connectivity index (χ3v) is 3.71. The summed E-state index contributed by atoms with van der Waals surface area (Å²) in [5, 5.41) is 2.60. The van der Waals surface area contributed by atoms with Crippen LogP contribution in [0.3, 0.4) is 0 Å². The zero-order valence-corrected chi connectivity index (χ0v) is 13.8. The molecule has 0 spiro atoms. The predicted octanol–water partition coefficient (Wildman–Crippen LogP) is 2.27. The number of H-pyrrole nitrogens is 2. The molecule has 8 heteroatoms. The van der Waals surface area contributed by atoms with Crippen molar-refractivity contribution in [2.45, 2.75) is 6.54 Å². The summed E-state index contributed by atoms with van der Waals surface area (Å²) in [5.41, 5.74) is 0.0451. The molecule has 0 saturated heterocycles. The fraction of sp³-hybridized carbons (Fsp3) is 0.0625. The van der Waals surface area contributed by atoms with Gasteiger partial charge in [-0.1, -0.05) is 34.1 Å². The van der Waals surface area contributed by atoms with Crippen LogP contribution in [0.5, 0.6) is 5.75 Å². The van der Waals surface area contributed by atoms with Crippen LogP contribution in [-0.4, -0.2) is 16.1 Å². The lowest BCUT2D eigenvalue weighted by Crippen LogP contribution is -2.30. The molecule has 122 valence electrons. The van der Waals surface area contributed by atoms with E-state index in [4.69, 9.17) is 4.74 Å². The van der Waals surface area contributed by atoms with E-state index in [2.05, 4.69) is 31.2 Å². The number of ether oxygens (including phenoxy) is 1. The van der Waals surface area contributed by atoms with Crippen LogP contribution >= 0.6 is 15.9 Å². The summed E-state index contributed by atoms with van der Waals surface area (Å²) in [4.78, 5) is 39.8. The molecular weight excluding hydrogens is 378 g/mol. The van der Waals surface area contributed by atoms with Crippen LogP contribution < -0.4 is 21.2 Å². The molecule has 0 aliphatic carbocycles. The van der Waals surface area contributed by atoms with Crippen molar-refractivity contribution < 1.29 is 9.53 Å². The van der Waals surface area contributed by atoms with Crippen LogP contribution in [0.1, 0.15) is 5.56 Å². The summed E-state index contributed by atoms with van der Waals surface area (Å²) in [6.07, 6.45) is -0.624. The molecule has 0 atom stereocenters. The maximum absolute atomic E-state index is 11.9. The third-order valence-electron chi connectivity index (χ3n) is 3.25. The lowest BCUT2D eigenvalue weighted by Gasteiger charge is -2.09. The van der Waals surface area contributed by atoms with E-state index in [0.29, 0.717) is 26.8 Å². The van der Waals surface area contributed by atoms with Crippen molar-refractivity contribution in [3.63, 3.8) is 0 Å². The quantitative estimate of drug-likeness (QED) is 0.597. The molecule has 1 aromatic heterocycles. The Morgan fingerprint density at radius 3 is 2.54 bits per heavy atom. The van der Waals surface area contributed by atoms with E-state index in [1.54, 1.807) is 36.4 Å². The van der Waals surface area contributed by atoms with Gasteiger partial charge in [0.05, 0.1) is 11.0 Å². The second kappa shape index (κ2) is 6.71. The minimum absolute atomic E-state index is 0.115. The second-order valence-electron chi connectivity index (χ2n) is 4.95. The monoisotopic (exact) mass is 389 g/mol. The number of benzene rings is 2. The zero-order chi connectivity index (χ0) is 17.1. The second-order valence-corrected chi connectivity index (χ2v) is 5.87. The summed E-state index contributed by atoms with van der Waals surface area (Å²) in [5.74, 6) is 0.423. The Labute approximate surface area is 143 Å². The van der Waals surface area contributed by atoms with E-state index in [0.717, 1.165) is 0 Å². The van der Waals surface area contributed by atoms with Crippen LogP contribution in [0.15, 0.2) is 56.5 Å². The number of fused-ring (bicyclic) bond motifs is 1. The van der Waals surface area contributed by atoms with Gasteiger partial charge in [0, 0.05) is 11.0 Å². The molecule has 0 aliphatic rings. The first kappa shape index (κ1) is 16.0. The van der Waals surface area contributed by atoms with Crippen LogP contribution in [-0.2, 0) is 6.54 Å². The van der Waals surface area contributed by atoms with E-state index < -0.39 is 17.2 Å². The maximum atomic E-state index is 11.9. The minimum Gasteiger partial charge on any atom is -0.410 e. The van der Waals surface area contributed by atoms with E-state index in [9.17, 15) is 14.4 Å². The zero-order valence-electron chi connectivity index (χ0n) is 12.3. The number of hydrogen-bond acceptors (Lipinski definition) is 4. The van der Waals surface area contributed by atoms with Gasteiger partial charge in [-0.2, -0.15) is 0 Å². The first-order valence-corrected chi connectivity index (χ1v) is 7.78. The Balaban J connectivity index is 1.82. The average molecular weight is 390 g/mol. The molecular formula is C16H12BrN3O4. The summed E-state index contributed by atoms with van der Waals surface area (Å²) < 4.78 is 5.83. The standard InChI is InChI=1S/C16H12BrN3O4/c17-10-6-9(13-12(7-10)19-14(21)15(22)20-13)8-18-16(23)24-11-4-2-1-3-5-11/h1-7H,8H2,(H,18,23)(H,19,21)(H,20,22). The van der Waals surface area contributed by atoms with Gasteiger partial charge >= 0.3 is 17.2 Å². The highest BCUT2D eigenvalue weighted by molar-refractivity contribution is 9.10. The van der Waals surface area contributed by atoms with Gasteiger partial charge < -0.3 is 20.0 Å².